The fourth-order valence-electron chi connectivity index (χ4n) is 1.54. The monoisotopic (exact) mass is 258 g/mol. The minimum atomic E-state index is -4.51. The van der Waals surface area contributed by atoms with Crippen LogP contribution in [0, 0.1) is 0 Å². The van der Waals surface area contributed by atoms with Gasteiger partial charge in [0.25, 0.3) is 0 Å². The number of rotatable bonds is 2. The largest absolute Gasteiger partial charge is 0.469 e. The van der Waals surface area contributed by atoms with E-state index < -0.39 is 18.0 Å². The Kier molecular flexibility index (Phi) is 2.98. The number of carbonyl (C=O) groups excluding carboxylic acids is 1. The standard InChI is InChI=1S/C11H9F3N2O2/c1-18-9(17)5-6-2-3-7-8(4-6)16-10(15-7)11(12,13)14/h2-4H,5H2,1H3,(H,15,16). The van der Waals surface area contributed by atoms with Gasteiger partial charge in [0.1, 0.15) is 0 Å². The van der Waals surface area contributed by atoms with Crippen LogP contribution in [0.15, 0.2) is 18.2 Å². The molecule has 0 saturated carbocycles. The van der Waals surface area contributed by atoms with Crippen LogP contribution in [0.25, 0.3) is 11.0 Å². The van der Waals surface area contributed by atoms with Crippen molar-refractivity contribution in [3.8, 4) is 0 Å². The van der Waals surface area contributed by atoms with E-state index in [1.54, 1.807) is 6.07 Å². The van der Waals surface area contributed by atoms with Crippen LogP contribution in [0.4, 0.5) is 13.2 Å². The molecular formula is C11H9F3N2O2. The lowest BCUT2D eigenvalue weighted by Gasteiger charge is -1.99. The number of halogens is 3. The molecule has 18 heavy (non-hydrogen) atoms. The highest BCUT2D eigenvalue weighted by molar-refractivity contribution is 5.79. The van der Waals surface area contributed by atoms with Crippen molar-refractivity contribution in [1.82, 2.24) is 9.97 Å². The second kappa shape index (κ2) is 4.32. The summed E-state index contributed by atoms with van der Waals surface area (Å²) in [6.45, 7) is 0. The molecule has 0 saturated heterocycles. The molecule has 1 aromatic heterocycles. The molecule has 0 amide bonds. The highest BCUT2D eigenvalue weighted by atomic mass is 19.4. The van der Waals surface area contributed by atoms with Crippen LogP contribution < -0.4 is 0 Å². The molecular weight excluding hydrogens is 249 g/mol. The third-order valence-corrected chi connectivity index (χ3v) is 2.39. The smallest absolute Gasteiger partial charge is 0.449 e. The minimum absolute atomic E-state index is 0.00676. The Morgan fingerprint density at radius 1 is 1.44 bits per heavy atom. The number of esters is 1. The van der Waals surface area contributed by atoms with Gasteiger partial charge in [-0.15, -0.1) is 0 Å². The number of carbonyl (C=O) groups is 1. The first-order valence-electron chi connectivity index (χ1n) is 5.03. The van der Waals surface area contributed by atoms with Crippen molar-refractivity contribution in [2.24, 2.45) is 0 Å². The molecule has 96 valence electrons. The lowest BCUT2D eigenvalue weighted by Crippen LogP contribution is -2.06. The summed E-state index contributed by atoms with van der Waals surface area (Å²) in [5, 5.41) is 0. The number of alkyl halides is 3. The van der Waals surface area contributed by atoms with Gasteiger partial charge in [0.05, 0.1) is 24.6 Å². The van der Waals surface area contributed by atoms with Gasteiger partial charge in [-0.05, 0) is 17.7 Å². The number of aromatic nitrogens is 2. The average molecular weight is 258 g/mol. The summed E-state index contributed by atoms with van der Waals surface area (Å²) in [6, 6.07) is 4.42. The summed E-state index contributed by atoms with van der Waals surface area (Å²) in [4.78, 5) is 16.7. The highest BCUT2D eigenvalue weighted by Gasteiger charge is 2.34. The molecule has 0 aliphatic heterocycles. The van der Waals surface area contributed by atoms with E-state index in [4.69, 9.17) is 0 Å². The highest BCUT2D eigenvalue weighted by Crippen LogP contribution is 2.28. The number of hydrogen-bond donors (Lipinski definition) is 1. The van der Waals surface area contributed by atoms with E-state index in [-0.39, 0.29) is 17.5 Å². The molecule has 4 nitrogen and oxygen atoms in total. The van der Waals surface area contributed by atoms with Crippen LogP contribution in [-0.2, 0) is 22.1 Å². The maximum Gasteiger partial charge on any atom is 0.449 e. The van der Waals surface area contributed by atoms with Crippen molar-refractivity contribution in [3.05, 3.63) is 29.6 Å². The zero-order chi connectivity index (χ0) is 13.3. The minimum Gasteiger partial charge on any atom is -0.469 e. The second-order valence-electron chi connectivity index (χ2n) is 3.69. The Bertz CT molecular complexity index is 589. The van der Waals surface area contributed by atoms with Gasteiger partial charge in [0, 0.05) is 0 Å². The van der Waals surface area contributed by atoms with E-state index in [2.05, 4.69) is 14.7 Å². The lowest BCUT2D eigenvalue weighted by atomic mass is 10.1. The van der Waals surface area contributed by atoms with Crippen LogP contribution in [0.3, 0.4) is 0 Å². The van der Waals surface area contributed by atoms with Crippen LogP contribution in [0.5, 0.6) is 0 Å². The molecule has 2 aromatic rings. The number of nitrogens with one attached hydrogen (secondary N) is 1. The summed E-state index contributed by atoms with van der Waals surface area (Å²) in [5.41, 5.74) is 1.01. The van der Waals surface area contributed by atoms with Gasteiger partial charge in [-0.25, -0.2) is 4.98 Å². The summed E-state index contributed by atoms with van der Waals surface area (Å²) in [6.07, 6.45) is -4.51. The van der Waals surface area contributed by atoms with E-state index in [0.29, 0.717) is 5.56 Å². The van der Waals surface area contributed by atoms with Crippen molar-refractivity contribution < 1.29 is 22.7 Å². The Morgan fingerprint density at radius 3 is 2.78 bits per heavy atom. The van der Waals surface area contributed by atoms with E-state index in [1.807, 2.05) is 0 Å². The number of ether oxygens (including phenoxy) is 1. The van der Waals surface area contributed by atoms with Gasteiger partial charge in [0.15, 0.2) is 0 Å². The van der Waals surface area contributed by atoms with Crippen LogP contribution in [0.2, 0.25) is 0 Å². The first kappa shape index (κ1) is 12.4. The average Bonchev–Trinajstić information content (AvgIpc) is 2.71. The zero-order valence-electron chi connectivity index (χ0n) is 9.34. The molecule has 2 rings (SSSR count). The number of nitrogens with zero attached hydrogens (tertiary/aromatic N) is 1. The fourth-order valence-corrected chi connectivity index (χ4v) is 1.54. The normalized spacial score (nSPS) is 11.8. The molecule has 0 spiro atoms. The van der Waals surface area contributed by atoms with Gasteiger partial charge in [0.2, 0.25) is 5.82 Å². The maximum absolute atomic E-state index is 12.4. The second-order valence-corrected chi connectivity index (χ2v) is 3.69. The molecule has 1 N–H and O–H groups in total. The number of aromatic amines is 1. The first-order chi connectivity index (χ1) is 8.40. The topological polar surface area (TPSA) is 55.0 Å². The molecule has 0 aliphatic rings. The number of fused-ring (bicyclic) bond motifs is 1. The quantitative estimate of drug-likeness (QED) is 0.841. The fraction of sp³-hybridized carbons (Fsp3) is 0.273. The van der Waals surface area contributed by atoms with E-state index in [9.17, 15) is 18.0 Å². The number of H-pyrrole nitrogens is 1. The third kappa shape index (κ3) is 2.44. The van der Waals surface area contributed by atoms with Crippen LogP contribution in [-0.4, -0.2) is 23.0 Å². The number of benzene rings is 1. The Balaban J connectivity index is 2.37. The van der Waals surface area contributed by atoms with Crippen LogP contribution in [0.1, 0.15) is 11.4 Å². The van der Waals surface area contributed by atoms with E-state index in [0.717, 1.165) is 0 Å². The molecule has 1 heterocycles. The molecule has 0 unspecified atom stereocenters. The van der Waals surface area contributed by atoms with Crippen LogP contribution >= 0.6 is 0 Å². The molecule has 7 heteroatoms. The van der Waals surface area contributed by atoms with Gasteiger partial charge < -0.3 is 9.72 Å². The van der Waals surface area contributed by atoms with Gasteiger partial charge in [-0.2, -0.15) is 13.2 Å². The van der Waals surface area contributed by atoms with Crippen molar-refractivity contribution in [2.45, 2.75) is 12.6 Å². The Labute approximate surface area is 99.8 Å². The number of imidazole rings is 1. The van der Waals surface area contributed by atoms with E-state index >= 15 is 0 Å². The predicted molar refractivity (Wildman–Crippen MR) is 56.8 cm³/mol. The molecule has 0 atom stereocenters. The molecule has 0 radical (unpaired) electrons. The van der Waals surface area contributed by atoms with Gasteiger partial charge >= 0.3 is 12.1 Å². The SMILES string of the molecule is COC(=O)Cc1ccc2nc(C(F)(F)F)[nH]c2c1. The number of hydrogen-bond acceptors (Lipinski definition) is 3. The summed E-state index contributed by atoms with van der Waals surface area (Å²) in [5.74, 6) is -1.50. The third-order valence-electron chi connectivity index (χ3n) is 2.39. The lowest BCUT2D eigenvalue weighted by molar-refractivity contribution is -0.144. The van der Waals surface area contributed by atoms with Crippen molar-refractivity contribution in [1.29, 1.82) is 0 Å². The van der Waals surface area contributed by atoms with Gasteiger partial charge in [-0.1, -0.05) is 6.07 Å². The maximum atomic E-state index is 12.4. The Morgan fingerprint density at radius 2 is 2.17 bits per heavy atom. The predicted octanol–water partition coefficient (Wildman–Crippen LogP) is 2.30. The first-order valence-corrected chi connectivity index (χ1v) is 5.03. The van der Waals surface area contributed by atoms with Crippen molar-refractivity contribution in [2.75, 3.05) is 7.11 Å². The number of methoxy groups -OCH3 is 1. The molecule has 0 aliphatic carbocycles. The summed E-state index contributed by atoms with van der Waals surface area (Å²) < 4.78 is 41.8. The summed E-state index contributed by atoms with van der Waals surface area (Å²) >= 11 is 0. The molecule has 0 bridgehead atoms. The molecule has 1 aromatic carbocycles. The zero-order valence-corrected chi connectivity index (χ0v) is 9.34. The van der Waals surface area contributed by atoms with Gasteiger partial charge in [-0.3, -0.25) is 4.79 Å². The Hall–Kier alpha value is -2.05. The summed E-state index contributed by atoms with van der Waals surface area (Å²) in [7, 11) is 1.25. The van der Waals surface area contributed by atoms with Crippen molar-refractivity contribution in [3.63, 3.8) is 0 Å². The van der Waals surface area contributed by atoms with E-state index in [1.165, 1.54) is 19.2 Å². The van der Waals surface area contributed by atoms with Crippen molar-refractivity contribution >= 4 is 17.0 Å². The molecule has 0 fully saturated rings.